The topological polar surface area (TPSA) is 36.6 Å². The number of rotatable bonds is 5. The Bertz CT molecular complexity index is 593. The highest BCUT2D eigenvalue weighted by Gasteiger charge is 2.23. The van der Waals surface area contributed by atoms with Gasteiger partial charge in [0, 0.05) is 6.04 Å². The molecule has 0 spiro atoms. The zero-order valence-corrected chi connectivity index (χ0v) is 13.4. The maximum Gasteiger partial charge on any atom is 0.193 e. The Morgan fingerprint density at radius 2 is 1.95 bits per heavy atom. The number of likely N-dealkylation sites (tertiary alicyclic amines) is 1. The number of aryl methyl sites for hydroxylation is 1. The largest absolute Gasteiger partial charge is 0.508 e. The lowest BCUT2D eigenvalue weighted by molar-refractivity contribution is 0.123. The summed E-state index contributed by atoms with van der Waals surface area (Å²) in [5.74, 6) is 1.28. The number of furan rings is 1. The number of phenols is 1. The second-order valence-corrected chi connectivity index (χ2v) is 6.40. The van der Waals surface area contributed by atoms with Crippen LogP contribution in [0.2, 0.25) is 5.22 Å². The van der Waals surface area contributed by atoms with E-state index in [0.29, 0.717) is 17.0 Å². The van der Waals surface area contributed by atoms with Crippen molar-refractivity contribution < 1.29 is 9.52 Å². The third-order valence-electron chi connectivity index (χ3n) is 4.44. The quantitative estimate of drug-likeness (QED) is 0.873. The van der Waals surface area contributed by atoms with Crippen molar-refractivity contribution in [2.45, 2.75) is 44.7 Å². The van der Waals surface area contributed by atoms with Crippen LogP contribution in [0.1, 0.15) is 37.0 Å². The number of benzene rings is 1. The number of halogens is 1. The molecular formula is C18H22ClNO2. The van der Waals surface area contributed by atoms with Crippen molar-refractivity contribution in [1.29, 1.82) is 0 Å². The molecule has 2 aromatic rings. The van der Waals surface area contributed by atoms with Gasteiger partial charge in [0.25, 0.3) is 0 Å². The molecule has 0 bridgehead atoms. The molecule has 4 heteroatoms. The molecule has 1 N–H and O–H groups in total. The van der Waals surface area contributed by atoms with Gasteiger partial charge in [-0.05, 0) is 73.7 Å². The molecule has 1 aliphatic rings. The van der Waals surface area contributed by atoms with E-state index < -0.39 is 0 Å². The molecular weight excluding hydrogens is 298 g/mol. The highest BCUT2D eigenvalue weighted by Crippen LogP contribution is 2.25. The smallest absolute Gasteiger partial charge is 0.193 e. The minimum Gasteiger partial charge on any atom is -0.508 e. The highest BCUT2D eigenvalue weighted by atomic mass is 35.5. The van der Waals surface area contributed by atoms with Crippen molar-refractivity contribution in [3.8, 4) is 5.75 Å². The van der Waals surface area contributed by atoms with Crippen LogP contribution in [0.25, 0.3) is 0 Å². The molecule has 1 aromatic heterocycles. The van der Waals surface area contributed by atoms with Crippen LogP contribution in [0.3, 0.4) is 0 Å². The minimum absolute atomic E-state index is 0.331. The van der Waals surface area contributed by atoms with Gasteiger partial charge in [0.05, 0.1) is 6.54 Å². The molecule has 118 valence electrons. The summed E-state index contributed by atoms with van der Waals surface area (Å²) in [6.07, 6.45) is 5.98. The third-order valence-corrected chi connectivity index (χ3v) is 4.64. The number of phenolic OH excluding ortho intramolecular Hbond substituents is 1. The monoisotopic (exact) mass is 319 g/mol. The Labute approximate surface area is 136 Å². The maximum absolute atomic E-state index is 9.35. The fraction of sp³-hybridized carbons (Fsp3) is 0.444. The van der Waals surface area contributed by atoms with Crippen LogP contribution in [0, 0.1) is 0 Å². The zero-order chi connectivity index (χ0) is 15.4. The Morgan fingerprint density at radius 1 is 1.14 bits per heavy atom. The van der Waals surface area contributed by atoms with Gasteiger partial charge >= 0.3 is 0 Å². The molecule has 0 unspecified atom stereocenters. The number of hydrogen-bond acceptors (Lipinski definition) is 3. The highest BCUT2D eigenvalue weighted by molar-refractivity contribution is 6.28. The molecule has 0 saturated carbocycles. The van der Waals surface area contributed by atoms with E-state index in [0.717, 1.165) is 31.7 Å². The number of hydrogen-bond donors (Lipinski definition) is 1. The van der Waals surface area contributed by atoms with Crippen LogP contribution in [0.5, 0.6) is 5.75 Å². The molecule has 3 nitrogen and oxygen atoms in total. The molecule has 1 atom stereocenters. The fourth-order valence-corrected chi connectivity index (χ4v) is 3.39. The number of aromatic hydroxyl groups is 1. The molecule has 22 heavy (non-hydrogen) atoms. The Balaban J connectivity index is 1.58. The number of nitrogens with zero attached hydrogens (tertiary/aromatic N) is 1. The molecule has 0 radical (unpaired) electrons. The average molecular weight is 320 g/mol. The first-order valence-electron chi connectivity index (χ1n) is 7.97. The lowest BCUT2D eigenvalue weighted by Gasteiger charge is -2.35. The molecule has 3 rings (SSSR count). The molecule has 1 aromatic carbocycles. The minimum atomic E-state index is 0.331. The van der Waals surface area contributed by atoms with Crippen molar-refractivity contribution in [3.05, 3.63) is 52.9 Å². The predicted molar refractivity (Wildman–Crippen MR) is 88.2 cm³/mol. The summed E-state index contributed by atoms with van der Waals surface area (Å²) in [7, 11) is 0. The van der Waals surface area contributed by atoms with Gasteiger partial charge in [0.1, 0.15) is 11.5 Å². The lowest BCUT2D eigenvalue weighted by atomic mass is 9.95. The third kappa shape index (κ3) is 4.05. The molecule has 1 aliphatic heterocycles. The normalized spacial score (nSPS) is 19.4. The number of piperidine rings is 1. The summed E-state index contributed by atoms with van der Waals surface area (Å²) < 4.78 is 5.51. The summed E-state index contributed by atoms with van der Waals surface area (Å²) in [6, 6.07) is 11.9. The maximum atomic E-state index is 9.35. The summed E-state index contributed by atoms with van der Waals surface area (Å²) in [4.78, 5) is 2.51. The summed E-state index contributed by atoms with van der Waals surface area (Å²) in [5.41, 5.74) is 1.28. The van der Waals surface area contributed by atoms with Crippen LogP contribution in [-0.4, -0.2) is 22.6 Å². The van der Waals surface area contributed by atoms with E-state index in [1.165, 1.54) is 24.8 Å². The standard InChI is InChI=1S/C18H22ClNO2/c19-18-11-10-17(22-18)13-20-12-2-1-3-15(20)7-4-14-5-8-16(21)9-6-14/h5-6,8-11,15,21H,1-4,7,12-13H2/t15-/m1/s1. The first-order chi connectivity index (χ1) is 10.7. The van der Waals surface area contributed by atoms with Gasteiger partial charge in [-0.15, -0.1) is 0 Å². The van der Waals surface area contributed by atoms with E-state index >= 15 is 0 Å². The van der Waals surface area contributed by atoms with Gasteiger partial charge in [-0.3, -0.25) is 4.90 Å². The van der Waals surface area contributed by atoms with Gasteiger partial charge in [-0.2, -0.15) is 0 Å². The Morgan fingerprint density at radius 3 is 2.68 bits per heavy atom. The van der Waals surface area contributed by atoms with Gasteiger partial charge < -0.3 is 9.52 Å². The van der Waals surface area contributed by atoms with Gasteiger partial charge in [-0.1, -0.05) is 18.6 Å². The van der Waals surface area contributed by atoms with E-state index in [9.17, 15) is 5.11 Å². The van der Waals surface area contributed by atoms with Crippen molar-refractivity contribution in [1.82, 2.24) is 4.90 Å². The van der Waals surface area contributed by atoms with Crippen LogP contribution in [-0.2, 0) is 13.0 Å². The van der Waals surface area contributed by atoms with E-state index in [1.54, 1.807) is 12.1 Å². The van der Waals surface area contributed by atoms with E-state index in [-0.39, 0.29) is 0 Å². The second-order valence-electron chi connectivity index (χ2n) is 6.03. The second kappa shape index (κ2) is 7.21. The average Bonchev–Trinajstić information content (AvgIpc) is 2.93. The molecule has 1 fully saturated rings. The van der Waals surface area contributed by atoms with Gasteiger partial charge in [0.2, 0.25) is 0 Å². The first-order valence-corrected chi connectivity index (χ1v) is 8.35. The van der Waals surface area contributed by atoms with E-state index in [1.807, 2.05) is 24.3 Å². The fourth-order valence-electron chi connectivity index (χ4n) is 3.23. The SMILES string of the molecule is Oc1ccc(CC[C@H]2CCCCN2Cc2ccc(Cl)o2)cc1. The van der Waals surface area contributed by atoms with Crippen molar-refractivity contribution in [3.63, 3.8) is 0 Å². The van der Waals surface area contributed by atoms with Crippen LogP contribution >= 0.6 is 11.6 Å². The summed E-state index contributed by atoms with van der Waals surface area (Å²) in [6.45, 7) is 1.96. The van der Waals surface area contributed by atoms with Crippen molar-refractivity contribution in [2.75, 3.05) is 6.54 Å². The molecule has 2 heterocycles. The molecule has 0 aliphatic carbocycles. The Kier molecular flexibility index (Phi) is 5.06. The predicted octanol–water partition coefficient (Wildman–Crippen LogP) is 4.63. The van der Waals surface area contributed by atoms with Gasteiger partial charge in [-0.25, -0.2) is 0 Å². The first kappa shape index (κ1) is 15.4. The Hall–Kier alpha value is -1.45. The van der Waals surface area contributed by atoms with E-state index in [4.69, 9.17) is 16.0 Å². The molecule has 0 amide bonds. The molecule has 1 saturated heterocycles. The van der Waals surface area contributed by atoms with Gasteiger partial charge in [0.15, 0.2) is 5.22 Å². The summed E-state index contributed by atoms with van der Waals surface area (Å²) in [5, 5.41) is 9.82. The van der Waals surface area contributed by atoms with Crippen molar-refractivity contribution >= 4 is 11.6 Å². The van der Waals surface area contributed by atoms with Crippen LogP contribution in [0.4, 0.5) is 0 Å². The van der Waals surface area contributed by atoms with Crippen LogP contribution in [0.15, 0.2) is 40.8 Å². The van der Waals surface area contributed by atoms with Crippen molar-refractivity contribution in [2.24, 2.45) is 0 Å². The van der Waals surface area contributed by atoms with Crippen LogP contribution < -0.4 is 0 Å². The summed E-state index contributed by atoms with van der Waals surface area (Å²) >= 11 is 5.86. The van der Waals surface area contributed by atoms with E-state index in [2.05, 4.69) is 4.90 Å². The zero-order valence-electron chi connectivity index (χ0n) is 12.7. The lowest BCUT2D eigenvalue weighted by Crippen LogP contribution is -2.39.